The highest BCUT2D eigenvalue weighted by Gasteiger charge is 2.33. The van der Waals surface area contributed by atoms with Crippen LogP contribution >= 0.6 is 0 Å². The minimum atomic E-state index is -0.445. The van der Waals surface area contributed by atoms with Crippen LogP contribution in [-0.4, -0.2) is 35.1 Å². The molecular weight excluding hydrogens is 371 g/mol. The normalized spacial score (nSPS) is 15.9. The van der Waals surface area contributed by atoms with Gasteiger partial charge >= 0.3 is 0 Å². The molecule has 3 rings (SSSR count). The number of hydrogen-bond acceptors (Lipinski definition) is 3. The van der Waals surface area contributed by atoms with E-state index < -0.39 is 6.04 Å². The van der Waals surface area contributed by atoms with Crippen molar-refractivity contribution in [3.8, 4) is 0 Å². The Morgan fingerprint density at radius 2 is 1.72 bits per heavy atom. The van der Waals surface area contributed by atoms with E-state index in [0.29, 0.717) is 31.5 Å². The SMILES string of the molecule is O=C(CCCC(=O)N1CCC[C@H]1C(=O)NCc1ccccc1)c1ccc(F)cc1. The summed E-state index contributed by atoms with van der Waals surface area (Å²) in [5.74, 6) is -0.741. The lowest BCUT2D eigenvalue weighted by atomic mass is 10.0. The summed E-state index contributed by atoms with van der Waals surface area (Å²) >= 11 is 0. The van der Waals surface area contributed by atoms with E-state index >= 15 is 0 Å². The number of amides is 2. The number of Topliss-reactive ketones (excluding diaryl/α,β-unsaturated/α-hetero) is 1. The molecule has 6 heteroatoms. The molecule has 1 N–H and O–H groups in total. The van der Waals surface area contributed by atoms with Gasteiger partial charge in [-0.1, -0.05) is 30.3 Å². The van der Waals surface area contributed by atoms with Gasteiger partial charge < -0.3 is 10.2 Å². The van der Waals surface area contributed by atoms with Crippen LogP contribution in [0.2, 0.25) is 0 Å². The highest BCUT2D eigenvalue weighted by Crippen LogP contribution is 2.20. The number of carbonyl (C=O) groups excluding carboxylic acids is 3. The van der Waals surface area contributed by atoms with Crippen LogP contribution in [0.5, 0.6) is 0 Å². The maximum atomic E-state index is 12.9. The minimum Gasteiger partial charge on any atom is -0.350 e. The van der Waals surface area contributed by atoms with Crippen molar-refractivity contribution in [3.63, 3.8) is 0 Å². The Balaban J connectivity index is 1.46. The summed E-state index contributed by atoms with van der Waals surface area (Å²) in [6.07, 6.45) is 2.29. The van der Waals surface area contributed by atoms with E-state index in [2.05, 4.69) is 5.32 Å². The molecule has 0 spiro atoms. The van der Waals surface area contributed by atoms with Gasteiger partial charge in [-0.2, -0.15) is 0 Å². The van der Waals surface area contributed by atoms with Crippen LogP contribution in [0.4, 0.5) is 4.39 Å². The van der Waals surface area contributed by atoms with E-state index in [1.165, 1.54) is 24.3 Å². The second-order valence-electron chi connectivity index (χ2n) is 7.23. The number of rotatable bonds is 8. The van der Waals surface area contributed by atoms with Gasteiger partial charge in [0.15, 0.2) is 5.78 Å². The van der Waals surface area contributed by atoms with Gasteiger partial charge in [0, 0.05) is 31.5 Å². The zero-order valence-corrected chi connectivity index (χ0v) is 16.3. The topological polar surface area (TPSA) is 66.5 Å². The van der Waals surface area contributed by atoms with Crippen LogP contribution in [0.1, 0.15) is 48.0 Å². The van der Waals surface area contributed by atoms with Crippen molar-refractivity contribution >= 4 is 17.6 Å². The summed E-state index contributed by atoms with van der Waals surface area (Å²) < 4.78 is 12.9. The summed E-state index contributed by atoms with van der Waals surface area (Å²) in [5.41, 5.74) is 1.45. The van der Waals surface area contributed by atoms with Gasteiger partial charge in [0.25, 0.3) is 0 Å². The average Bonchev–Trinajstić information content (AvgIpc) is 3.23. The average molecular weight is 396 g/mol. The number of benzene rings is 2. The first kappa shape index (κ1) is 20.7. The third-order valence-corrected chi connectivity index (χ3v) is 5.15. The molecule has 29 heavy (non-hydrogen) atoms. The summed E-state index contributed by atoms with van der Waals surface area (Å²) in [5, 5.41) is 2.91. The van der Waals surface area contributed by atoms with E-state index in [1.54, 1.807) is 4.90 Å². The fourth-order valence-corrected chi connectivity index (χ4v) is 3.56. The first-order valence-corrected chi connectivity index (χ1v) is 9.94. The zero-order chi connectivity index (χ0) is 20.6. The Bertz CT molecular complexity index is 852. The fourth-order valence-electron chi connectivity index (χ4n) is 3.56. The third-order valence-electron chi connectivity index (χ3n) is 5.15. The maximum absolute atomic E-state index is 12.9. The lowest BCUT2D eigenvalue weighted by Gasteiger charge is -2.24. The van der Waals surface area contributed by atoms with E-state index in [1.807, 2.05) is 30.3 Å². The van der Waals surface area contributed by atoms with Crippen LogP contribution in [-0.2, 0) is 16.1 Å². The monoisotopic (exact) mass is 396 g/mol. The summed E-state index contributed by atoms with van der Waals surface area (Å²) in [6, 6.07) is 14.6. The van der Waals surface area contributed by atoms with Gasteiger partial charge in [-0.3, -0.25) is 14.4 Å². The van der Waals surface area contributed by atoms with Crippen LogP contribution in [0.25, 0.3) is 0 Å². The predicted molar refractivity (Wildman–Crippen MR) is 108 cm³/mol. The summed E-state index contributed by atoms with van der Waals surface area (Å²) in [4.78, 5) is 38.9. The lowest BCUT2D eigenvalue weighted by molar-refractivity contribution is -0.138. The van der Waals surface area contributed by atoms with E-state index in [4.69, 9.17) is 0 Å². The summed E-state index contributed by atoms with van der Waals surface area (Å²) in [6.45, 7) is 0.999. The Labute approximate surface area is 169 Å². The lowest BCUT2D eigenvalue weighted by Crippen LogP contribution is -2.45. The van der Waals surface area contributed by atoms with Crippen LogP contribution < -0.4 is 5.32 Å². The smallest absolute Gasteiger partial charge is 0.243 e. The standard InChI is InChI=1S/C23H25FN2O3/c24-19-13-11-18(12-14-19)21(27)9-4-10-22(28)26-15-5-8-20(26)23(29)25-16-17-6-2-1-3-7-17/h1-3,6-7,11-14,20H,4-5,8-10,15-16H2,(H,25,29)/t20-/m0/s1. The zero-order valence-electron chi connectivity index (χ0n) is 16.3. The molecule has 152 valence electrons. The molecule has 0 radical (unpaired) electrons. The molecule has 1 aliphatic rings. The molecule has 5 nitrogen and oxygen atoms in total. The van der Waals surface area contributed by atoms with Crippen molar-refractivity contribution < 1.29 is 18.8 Å². The number of hydrogen-bond donors (Lipinski definition) is 1. The number of ketones is 1. The second kappa shape index (κ2) is 9.96. The van der Waals surface area contributed by atoms with Crippen molar-refractivity contribution in [1.29, 1.82) is 0 Å². The highest BCUT2D eigenvalue weighted by molar-refractivity contribution is 5.96. The molecule has 0 unspecified atom stereocenters. The van der Waals surface area contributed by atoms with Crippen LogP contribution in [0, 0.1) is 5.82 Å². The number of carbonyl (C=O) groups is 3. The Hall–Kier alpha value is -3.02. The molecule has 1 saturated heterocycles. The first-order chi connectivity index (χ1) is 14.0. The molecule has 2 aromatic carbocycles. The molecule has 1 aliphatic heterocycles. The van der Waals surface area contributed by atoms with E-state index in [-0.39, 0.29) is 36.3 Å². The number of halogens is 1. The fraction of sp³-hybridized carbons (Fsp3) is 0.348. The summed E-state index contributed by atoms with van der Waals surface area (Å²) in [7, 11) is 0. The van der Waals surface area contributed by atoms with Gasteiger partial charge in [-0.15, -0.1) is 0 Å². The number of likely N-dealkylation sites (tertiary alicyclic amines) is 1. The van der Waals surface area contributed by atoms with Crippen molar-refractivity contribution in [1.82, 2.24) is 10.2 Å². The van der Waals surface area contributed by atoms with Gasteiger partial charge in [0.2, 0.25) is 11.8 Å². The molecule has 0 aliphatic carbocycles. The predicted octanol–water partition coefficient (Wildman–Crippen LogP) is 3.49. The molecule has 0 saturated carbocycles. The van der Waals surface area contributed by atoms with Gasteiger partial charge in [0.05, 0.1) is 0 Å². The quantitative estimate of drug-likeness (QED) is 0.695. The molecule has 2 amide bonds. The Morgan fingerprint density at radius 1 is 1.00 bits per heavy atom. The molecule has 2 aromatic rings. The molecule has 1 fully saturated rings. The van der Waals surface area contributed by atoms with Crippen molar-refractivity contribution in [3.05, 3.63) is 71.5 Å². The third kappa shape index (κ3) is 5.73. The van der Waals surface area contributed by atoms with Crippen molar-refractivity contribution in [2.24, 2.45) is 0 Å². The van der Waals surface area contributed by atoms with Gasteiger partial charge in [-0.05, 0) is 49.1 Å². The first-order valence-electron chi connectivity index (χ1n) is 9.94. The van der Waals surface area contributed by atoms with Gasteiger partial charge in [0.1, 0.15) is 11.9 Å². The second-order valence-corrected chi connectivity index (χ2v) is 7.23. The molecular formula is C23H25FN2O3. The maximum Gasteiger partial charge on any atom is 0.243 e. The Morgan fingerprint density at radius 3 is 2.45 bits per heavy atom. The van der Waals surface area contributed by atoms with Gasteiger partial charge in [-0.25, -0.2) is 4.39 Å². The molecule has 1 atom stereocenters. The number of nitrogens with one attached hydrogen (secondary N) is 1. The molecule has 0 bridgehead atoms. The van der Waals surface area contributed by atoms with E-state index in [9.17, 15) is 18.8 Å². The highest BCUT2D eigenvalue weighted by atomic mass is 19.1. The number of nitrogens with zero attached hydrogens (tertiary/aromatic N) is 1. The largest absolute Gasteiger partial charge is 0.350 e. The van der Waals surface area contributed by atoms with Crippen LogP contribution in [0.15, 0.2) is 54.6 Å². The Kier molecular flexibility index (Phi) is 7.11. The molecule has 0 aromatic heterocycles. The van der Waals surface area contributed by atoms with E-state index in [0.717, 1.165) is 12.0 Å². The van der Waals surface area contributed by atoms with Crippen molar-refractivity contribution in [2.75, 3.05) is 6.54 Å². The molecule has 1 heterocycles. The van der Waals surface area contributed by atoms with Crippen molar-refractivity contribution in [2.45, 2.75) is 44.7 Å². The van der Waals surface area contributed by atoms with Crippen LogP contribution in [0.3, 0.4) is 0 Å². The minimum absolute atomic E-state index is 0.103.